The SMILES string of the molecule is O=C(O)CCCCCN1C(=O)/C(=C/c2cccc(-c3ccc4c(c3)CCC4=O)n2)SC1=S. The Morgan fingerprint density at radius 1 is 1.16 bits per heavy atom. The number of aromatic nitrogens is 1. The van der Waals surface area contributed by atoms with Gasteiger partial charge in [-0.15, -0.1) is 0 Å². The van der Waals surface area contributed by atoms with Gasteiger partial charge in [-0.1, -0.05) is 48.6 Å². The number of hydrogen-bond acceptors (Lipinski definition) is 6. The highest BCUT2D eigenvalue weighted by atomic mass is 32.2. The van der Waals surface area contributed by atoms with Gasteiger partial charge in [0.2, 0.25) is 0 Å². The number of carbonyl (C=O) groups excluding carboxylic acids is 2. The van der Waals surface area contributed by atoms with Gasteiger partial charge in [-0.2, -0.15) is 0 Å². The number of nitrogens with zero attached hydrogens (tertiary/aromatic N) is 2. The number of carboxylic acid groups (broad SMARTS) is 1. The van der Waals surface area contributed by atoms with E-state index >= 15 is 0 Å². The van der Waals surface area contributed by atoms with E-state index < -0.39 is 5.97 Å². The zero-order valence-electron chi connectivity index (χ0n) is 17.4. The molecule has 1 aromatic carbocycles. The Balaban J connectivity index is 1.45. The van der Waals surface area contributed by atoms with Crippen LogP contribution in [0.5, 0.6) is 0 Å². The van der Waals surface area contributed by atoms with Gasteiger partial charge < -0.3 is 5.11 Å². The highest BCUT2D eigenvalue weighted by Crippen LogP contribution is 2.33. The lowest BCUT2D eigenvalue weighted by molar-refractivity contribution is -0.137. The summed E-state index contributed by atoms with van der Waals surface area (Å²) in [4.78, 5) is 42.1. The minimum Gasteiger partial charge on any atom is -0.481 e. The second-order valence-electron chi connectivity index (χ2n) is 7.78. The molecule has 1 saturated heterocycles. The topological polar surface area (TPSA) is 87.6 Å². The van der Waals surface area contributed by atoms with Crippen LogP contribution in [0.2, 0.25) is 0 Å². The van der Waals surface area contributed by atoms with Gasteiger partial charge in [-0.25, -0.2) is 4.98 Å². The Morgan fingerprint density at radius 3 is 2.81 bits per heavy atom. The molecular weight excluding hydrogens is 444 g/mol. The molecule has 6 nitrogen and oxygen atoms in total. The summed E-state index contributed by atoms with van der Waals surface area (Å²) in [5.41, 5.74) is 4.26. The zero-order valence-corrected chi connectivity index (χ0v) is 19.0. The predicted octanol–water partition coefficient (Wildman–Crippen LogP) is 4.72. The number of unbranched alkanes of at least 4 members (excludes halogenated alkanes) is 2. The maximum Gasteiger partial charge on any atom is 0.303 e. The largest absolute Gasteiger partial charge is 0.481 e. The fourth-order valence-corrected chi connectivity index (χ4v) is 5.15. The molecule has 8 heteroatoms. The number of fused-ring (bicyclic) bond motifs is 1. The van der Waals surface area contributed by atoms with Crippen molar-refractivity contribution < 1.29 is 19.5 Å². The Kier molecular flexibility index (Phi) is 6.81. The molecule has 32 heavy (non-hydrogen) atoms. The number of carbonyl (C=O) groups is 3. The number of hydrogen-bond donors (Lipinski definition) is 1. The molecule has 1 aliphatic heterocycles. The van der Waals surface area contributed by atoms with Gasteiger partial charge >= 0.3 is 5.97 Å². The van der Waals surface area contributed by atoms with Gasteiger partial charge in [0.15, 0.2) is 5.78 Å². The van der Waals surface area contributed by atoms with Crippen molar-refractivity contribution in [2.45, 2.75) is 38.5 Å². The second kappa shape index (κ2) is 9.75. The molecule has 0 unspecified atom stereocenters. The third kappa shape index (κ3) is 4.97. The van der Waals surface area contributed by atoms with Gasteiger partial charge in [0.1, 0.15) is 4.32 Å². The second-order valence-corrected chi connectivity index (χ2v) is 9.46. The number of amides is 1. The van der Waals surface area contributed by atoms with Crippen LogP contribution >= 0.6 is 24.0 Å². The van der Waals surface area contributed by atoms with Crippen LogP contribution in [-0.2, 0) is 16.0 Å². The number of aliphatic carboxylic acids is 1. The number of benzene rings is 1. The molecule has 0 radical (unpaired) electrons. The maximum atomic E-state index is 12.8. The molecule has 1 N–H and O–H groups in total. The van der Waals surface area contributed by atoms with Gasteiger partial charge in [-0.05, 0) is 49.1 Å². The third-order valence-corrected chi connectivity index (χ3v) is 6.90. The molecule has 2 aromatic rings. The van der Waals surface area contributed by atoms with Crippen LogP contribution in [0.25, 0.3) is 17.3 Å². The van der Waals surface area contributed by atoms with E-state index in [1.165, 1.54) is 11.8 Å². The van der Waals surface area contributed by atoms with E-state index in [0.717, 1.165) is 35.2 Å². The van der Waals surface area contributed by atoms with Crippen molar-refractivity contribution in [2.24, 2.45) is 0 Å². The monoisotopic (exact) mass is 466 g/mol. The third-order valence-electron chi connectivity index (χ3n) is 5.52. The Bertz CT molecular complexity index is 1140. The minimum atomic E-state index is -0.804. The van der Waals surface area contributed by atoms with E-state index in [2.05, 4.69) is 0 Å². The number of ketones is 1. The van der Waals surface area contributed by atoms with Crippen LogP contribution in [0.3, 0.4) is 0 Å². The lowest BCUT2D eigenvalue weighted by atomic mass is 10.0. The molecule has 1 amide bonds. The molecule has 0 spiro atoms. The summed E-state index contributed by atoms with van der Waals surface area (Å²) in [5.74, 6) is -0.750. The van der Waals surface area contributed by atoms with Gasteiger partial charge in [0.05, 0.1) is 16.3 Å². The molecule has 164 valence electrons. The number of thioether (sulfide) groups is 1. The van der Waals surface area contributed by atoms with Crippen molar-refractivity contribution in [1.29, 1.82) is 0 Å². The van der Waals surface area contributed by atoms with E-state index in [9.17, 15) is 14.4 Å². The number of pyridine rings is 1. The quantitative estimate of drug-likeness (QED) is 0.342. The normalized spacial score (nSPS) is 16.8. The first kappa shape index (κ1) is 22.4. The molecule has 1 aliphatic carbocycles. The molecule has 2 aliphatic rings. The van der Waals surface area contributed by atoms with Gasteiger partial charge in [-0.3, -0.25) is 19.3 Å². The number of Topliss-reactive ketones (excluding diaryl/α,β-unsaturated/α-hetero) is 1. The summed E-state index contributed by atoms with van der Waals surface area (Å²) >= 11 is 6.63. The van der Waals surface area contributed by atoms with E-state index in [1.807, 2.05) is 36.4 Å². The van der Waals surface area contributed by atoms with Crippen LogP contribution in [0, 0.1) is 0 Å². The fraction of sp³-hybridized carbons (Fsp3) is 0.292. The van der Waals surface area contributed by atoms with E-state index in [-0.39, 0.29) is 18.1 Å². The van der Waals surface area contributed by atoms with Crippen molar-refractivity contribution in [2.75, 3.05) is 6.54 Å². The standard InChI is InChI=1S/C24H22N2O4S2/c27-20-11-9-15-13-16(8-10-18(15)20)19-6-4-5-17(25-19)14-21-23(30)26(24(31)32-21)12-3-1-2-7-22(28)29/h4-6,8,10,13-14H,1-3,7,9,11-12H2,(H,28,29)/b21-14-. The molecule has 0 bridgehead atoms. The van der Waals surface area contributed by atoms with Crippen LogP contribution in [0.1, 0.15) is 53.7 Å². The van der Waals surface area contributed by atoms with E-state index in [0.29, 0.717) is 40.7 Å². The molecular formula is C24H22N2O4S2. The lowest BCUT2D eigenvalue weighted by Crippen LogP contribution is -2.29. The fourth-order valence-electron chi connectivity index (χ4n) is 3.86. The number of carboxylic acids is 1. The maximum absolute atomic E-state index is 12.8. The molecule has 0 saturated carbocycles. The molecule has 1 fully saturated rings. The first-order valence-corrected chi connectivity index (χ1v) is 11.8. The highest BCUT2D eigenvalue weighted by molar-refractivity contribution is 8.26. The Morgan fingerprint density at radius 2 is 2.00 bits per heavy atom. The Hall–Kier alpha value is -2.84. The predicted molar refractivity (Wildman–Crippen MR) is 128 cm³/mol. The molecule has 2 heterocycles. The average Bonchev–Trinajstić information content (AvgIpc) is 3.27. The van der Waals surface area contributed by atoms with Crippen LogP contribution in [0.4, 0.5) is 0 Å². The van der Waals surface area contributed by atoms with Crippen molar-refractivity contribution >= 4 is 52.0 Å². The molecule has 0 atom stereocenters. The zero-order chi connectivity index (χ0) is 22.7. The smallest absolute Gasteiger partial charge is 0.303 e. The van der Waals surface area contributed by atoms with Gasteiger partial charge in [0, 0.05) is 30.5 Å². The van der Waals surface area contributed by atoms with Crippen molar-refractivity contribution in [3.05, 3.63) is 58.1 Å². The van der Waals surface area contributed by atoms with Gasteiger partial charge in [0.25, 0.3) is 5.91 Å². The van der Waals surface area contributed by atoms with E-state index in [1.54, 1.807) is 11.0 Å². The first-order chi connectivity index (χ1) is 15.4. The van der Waals surface area contributed by atoms with Crippen LogP contribution < -0.4 is 0 Å². The summed E-state index contributed by atoms with van der Waals surface area (Å²) in [6, 6.07) is 11.5. The highest BCUT2D eigenvalue weighted by Gasteiger charge is 2.31. The Labute approximate surface area is 195 Å². The summed E-state index contributed by atoms with van der Waals surface area (Å²) < 4.78 is 0.513. The van der Waals surface area contributed by atoms with Crippen LogP contribution in [0.15, 0.2) is 41.3 Å². The van der Waals surface area contributed by atoms with Crippen molar-refractivity contribution in [3.8, 4) is 11.3 Å². The summed E-state index contributed by atoms with van der Waals surface area (Å²) in [7, 11) is 0. The lowest BCUT2D eigenvalue weighted by Gasteiger charge is -2.13. The molecule has 1 aromatic heterocycles. The number of rotatable bonds is 8. The first-order valence-electron chi connectivity index (χ1n) is 10.5. The summed E-state index contributed by atoms with van der Waals surface area (Å²) in [6.07, 6.45) is 5.26. The number of thiocarbonyl (C=S) groups is 1. The van der Waals surface area contributed by atoms with E-state index in [4.69, 9.17) is 22.3 Å². The molecule has 4 rings (SSSR count). The average molecular weight is 467 g/mol. The van der Waals surface area contributed by atoms with Crippen molar-refractivity contribution in [1.82, 2.24) is 9.88 Å². The van der Waals surface area contributed by atoms with Crippen molar-refractivity contribution in [3.63, 3.8) is 0 Å². The summed E-state index contributed by atoms with van der Waals surface area (Å²) in [6.45, 7) is 0.489. The number of aryl methyl sites for hydroxylation is 1. The minimum absolute atomic E-state index is 0.138. The van der Waals surface area contributed by atoms with Crippen LogP contribution in [-0.4, -0.2) is 43.5 Å². The summed E-state index contributed by atoms with van der Waals surface area (Å²) in [5, 5.41) is 8.71.